The molecule has 1 aromatic carbocycles. The van der Waals surface area contributed by atoms with Crippen LogP contribution in [-0.2, 0) is 0 Å². The Kier molecular flexibility index (Phi) is 10.0. The maximum absolute atomic E-state index is 13.1. The van der Waals surface area contributed by atoms with Crippen molar-refractivity contribution in [1.82, 2.24) is 0 Å². The van der Waals surface area contributed by atoms with Gasteiger partial charge in [-0.2, -0.15) is 0 Å². The predicted octanol–water partition coefficient (Wildman–Crippen LogP) is 4.90. The molecule has 0 fully saturated rings. The summed E-state index contributed by atoms with van der Waals surface area (Å²) in [6.07, 6.45) is 5.97. The second kappa shape index (κ2) is 11.0. The van der Waals surface area contributed by atoms with Crippen molar-refractivity contribution in [2.75, 3.05) is 7.05 Å². The van der Waals surface area contributed by atoms with Crippen molar-refractivity contribution < 1.29 is 8.78 Å². The Morgan fingerprint density at radius 3 is 2.50 bits per heavy atom. The third-order valence-corrected chi connectivity index (χ3v) is 2.33. The minimum absolute atomic E-state index is 0.420. The SMILES string of the molecule is C=C(CCC)c1ccc(F)cc1F.CCC=NC=NC. The molecule has 0 saturated carbocycles. The maximum atomic E-state index is 13.1. The molecule has 0 saturated heterocycles. The molecule has 0 spiro atoms. The smallest absolute Gasteiger partial charge is 0.133 e. The highest BCUT2D eigenvalue weighted by Crippen LogP contribution is 2.21. The molecule has 0 amide bonds. The normalized spacial score (nSPS) is 10.7. The first-order valence-corrected chi connectivity index (χ1v) is 6.62. The zero-order valence-corrected chi connectivity index (χ0v) is 12.4. The highest BCUT2D eigenvalue weighted by atomic mass is 19.1. The van der Waals surface area contributed by atoms with Gasteiger partial charge in [-0.25, -0.2) is 13.8 Å². The Balaban J connectivity index is 0.000000441. The molecule has 0 N–H and O–H groups in total. The van der Waals surface area contributed by atoms with Crippen molar-refractivity contribution in [3.63, 3.8) is 0 Å². The average Bonchev–Trinajstić information content (AvgIpc) is 2.40. The largest absolute Gasteiger partial charge is 0.277 e. The van der Waals surface area contributed by atoms with Crippen LogP contribution in [0.4, 0.5) is 8.78 Å². The summed E-state index contributed by atoms with van der Waals surface area (Å²) >= 11 is 0. The lowest BCUT2D eigenvalue weighted by atomic mass is 10.0. The van der Waals surface area contributed by atoms with E-state index in [0.717, 1.165) is 30.9 Å². The van der Waals surface area contributed by atoms with Crippen LogP contribution in [0.15, 0.2) is 34.8 Å². The second-order valence-electron chi connectivity index (χ2n) is 4.09. The topological polar surface area (TPSA) is 24.7 Å². The Morgan fingerprint density at radius 2 is 2.00 bits per heavy atom. The van der Waals surface area contributed by atoms with Gasteiger partial charge in [-0.1, -0.05) is 26.8 Å². The van der Waals surface area contributed by atoms with Crippen molar-refractivity contribution in [3.8, 4) is 0 Å². The summed E-state index contributed by atoms with van der Waals surface area (Å²) in [5.74, 6) is -1.08. The fourth-order valence-electron chi connectivity index (χ4n) is 1.43. The molecule has 2 nitrogen and oxygen atoms in total. The number of hydrogen-bond acceptors (Lipinski definition) is 1. The highest BCUT2D eigenvalue weighted by molar-refractivity contribution is 5.71. The highest BCUT2D eigenvalue weighted by Gasteiger charge is 2.05. The minimum atomic E-state index is -0.550. The third kappa shape index (κ3) is 7.56. The maximum Gasteiger partial charge on any atom is 0.133 e. The first-order valence-electron chi connectivity index (χ1n) is 6.62. The van der Waals surface area contributed by atoms with Crippen molar-refractivity contribution >= 4 is 18.1 Å². The van der Waals surface area contributed by atoms with E-state index in [2.05, 4.69) is 16.6 Å². The van der Waals surface area contributed by atoms with Crippen LogP contribution in [0.5, 0.6) is 0 Å². The Bertz CT molecular complexity index is 466. The molecule has 0 atom stereocenters. The first-order chi connectivity index (χ1) is 9.56. The van der Waals surface area contributed by atoms with Gasteiger partial charge < -0.3 is 0 Å². The Labute approximate surface area is 120 Å². The second-order valence-corrected chi connectivity index (χ2v) is 4.09. The summed E-state index contributed by atoms with van der Waals surface area (Å²) in [7, 11) is 1.70. The van der Waals surface area contributed by atoms with E-state index in [1.165, 1.54) is 18.5 Å². The van der Waals surface area contributed by atoms with E-state index in [9.17, 15) is 8.78 Å². The van der Waals surface area contributed by atoms with Gasteiger partial charge in [0.05, 0.1) is 0 Å². The van der Waals surface area contributed by atoms with Crippen LogP contribution in [0.1, 0.15) is 38.7 Å². The molecule has 0 aromatic heterocycles. The van der Waals surface area contributed by atoms with Gasteiger partial charge in [0.2, 0.25) is 0 Å². The molecule has 20 heavy (non-hydrogen) atoms. The van der Waals surface area contributed by atoms with Gasteiger partial charge in [0.15, 0.2) is 0 Å². The fourth-order valence-corrected chi connectivity index (χ4v) is 1.43. The lowest BCUT2D eigenvalue weighted by Gasteiger charge is -2.05. The molecule has 0 radical (unpaired) electrons. The summed E-state index contributed by atoms with van der Waals surface area (Å²) < 4.78 is 25.7. The van der Waals surface area contributed by atoms with Gasteiger partial charge in [-0.3, -0.25) is 4.99 Å². The zero-order chi connectivity index (χ0) is 15.4. The van der Waals surface area contributed by atoms with Crippen LogP contribution in [0.2, 0.25) is 0 Å². The average molecular weight is 280 g/mol. The van der Waals surface area contributed by atoms with Gasteiger partial charge in [0.25, 0.3) is 0 Å². The molecule has 0 heterocycles. The Morgan fingerprint density at radius 1 is 1.30 bits per heavy atom. The van der Waals surface area contributed by atoms with Crippen molar-refractivity contribution in [2.45, 2.75) is 33.1 Å². The van der Waals surface area contributed by atoms with E-state index in [1.807, 2.05) is 20.1 Å². The summed E-state index contributed by atoms with van der Waals surface area (Å²) in [6.45, 7) is 7.77. The summed E-state index contributed by atoms with van der Waals surface area (Å²) in [5, 5.41) is 0. The molecule has 1 aromatic rings. The number of halogens is 2. The summed E-state index contributed by atoms with van der Waals surface area (Å²) in [5.41, 5.74) is 1.14. The lowest BCUT2D eigenvalue weighted by Crippen LogP contribution is -1.89. The van der Waals surface area contributed by atoms with Crippen LogP contribution in [-0.4, -0.2) is 19.6 Å². The van der Waals surface area contributed by atoms with Gasteiger partial charge >= 0.3 is 0 Å². The van der Waals surface area contributed by atoms with Crippen LogP contribution in [0.25, 0.3) is 5.57 Å². The molecule has 0 bridgehead atoms. The number of rotatable bonds is 5. The van der Waals surface area contributed by atoms with Crippen LogP contribution < -0.4 is 0 Å². The standard InChI is InChI=1S/C11H12F2.C5H10N2/c1-3-4-8(2)10-6-5-9(12)7-11(10)13;1-3-4-7-5-6-2/h5-7H,2-4H2,1H3;4-5H,3H2,1-2H3. The van der Waals surface area contributed by atoms with Crippen molar-refractivity contribution in [2.24, 2.45) is 9.98 Å². The van der Waals surface area contributed by atoms with Crippen LogP contribution in [0, 0.1) is 11.6 Å². The lowest BCUT2D eigenvalue weighted by molar-refractivity contribution is 0.580. The molecule has 0 aliphatic heterocycles. The van der Waals surface area contributed by atoms with E-state index < -0.39 is 11.6 Å². The molecular weight excluding hydrogens is 258 g/mol. The molecule has 0 unspecified atom stereocenters. The van der Waals surface area contributed by atoms with Crippen molar-refractivity contribution in [1.29, 1.82) is 0 Å². The fraction of sp³-hybridized carbons (Fsp3) is 0.375. The number of nitrogens with zero attached hydrogens (tertiary/aromatic N) is 2. The molecule has 110 valence electrons. The van der Waals surface area contributed by atoms with Crippen molar-refractivity contribution in [3.05, 3.63) is 42.0 Å². The summed E-state index contributed by atoms with van der Waals surface area (Å²) in [4.78, 5) is 7.44. The van der Waals surface area contributed by atoms with Gasteiger partial charge in [0, 0.05) is 24.9 Å². The van der Waals surface area contributed by atoms with E-state index in [0.29, 0.717) is 5.56 Å². The van der Waals surface area contributed by atoms with Gasteiger partial charge in [0.1, 0.15) is 18.0 Å². The monoisotopic (exact) mass is 280 g/mol. The summed E-state index contributed by atoms with van der Waals surface area (Å²) in [6, 6.07) is 3.57. The Hall–Kier alpha value is -1.84. The minimum Gasteiger partial charge on any atom is -0.277 e. The van der Waals surface area contributed by atoms with E-state index in [1.54, 1.807) is 7.05 Å². The van der Waals surface area contributed by atoms with E-state index in [-0.39, 0.29) is 0 Å². The molecule has 0 aliphatic carbocycles. The first kappa shape index (κ1) is 18.2. The van der Waals surface area contributed by atoms with Gasteiger partial charge in [-0.05, 0) is 30.5 Å². The number of benzene rings is 1. The van der Waals surface area contributed by atoms with E-state index >= 15 is 0 Å². The molecule has 4 heteroatoms. The number of aliphatic imine (C=N–C) groups is 2. The molecule has 1 rings (SSSR count). The number of hydrogen-bond donors (Lipinski definition) is 0. The van der Waals surface area contributed by atoms with Gasteiger partial charge in [-0.15, -0.1) is 0 Å². The van der Waals surface area contributed by atoms with Crippen LogP contribution in [0.3, 0.4) is 0 Å². The quantitative estimate of drug-likeness (QED) is 0.541. The number of allylic oxidation sites excluding steroid dienone is 1. The van der Waals surface area contributed by atoms with E-state index in [4.69, 9.17) is 0 Å². The van der Waals surface area contributed by atoms with Crippen LogP contribution >= 0.6 is 0 Å². The third-order valence-electron chi connectivity index (χ3n) is 2.33. The predicted molar refractivity (Wildman–Crippen MR) is 83.5 cm³/mol. The molecular formula is C16H22F2N2. The molecule has 0 aliphatic rings. The zero-order valence-electron chi connectivity index (χ0n) is 12.4.